The molecule has 4 aliphatic heterocycles. The average molecular weight is 808 g/mol. The van der Waals surface area contributed by atoms with Crippen LogP contribution in [-0.2, 0) is 6.67 Å². The molecule has 6 bridgehead atoms. The Hall–Kier alpha value is -6.66. The molecule has 0 aliphatic carbocycles. The number of amidine groups is 4. The lowest BCUT2D eigenvalue weighted by atomic mass is 9.98. The van der Waals surface area contributed by atoms with Gasteiger partial charge < -0.3 is 0 Å². The van der Waals surface area contributed by atoms with Crippen LogP contribution in [0.15, 0.2) is 47.7 Å². The minimum Gasteiger partial charge on any atom is -0.246 e. The Morgan fingerprint density at radius 1 is 0.534 bits per heavy atom. The second kappa shape index (κ2) is 12.2. The third-order valence-electron chi connectivity index (χ3n) is 10.8. The number of hydrogen-bond donors (Lipinski definition) is 1. The number of hydrogen-bond acceptors (Lipinski definition) is 7. The zero-order valence-electron chi connectivity index (χ0n) is 30.8. The Labute approximate surface area is 319 Å². The van der Waals surface area contributed by atoms with Crippen LogP contribution in [0.4, 0.5) is 55.5 Å². The summed E-state index contributed by atoms with van der Waals surface area (Å²) in [4.78, 5) is 25.7. The maximum atomic E-state index is 16.9. The van der Waals surface area contributed by atoms with Crippen LogP contribution in [0.2, 0.25) is 0 Å². The van der Waals surface area contributed by atoms with Gasteiger partial charge in [-0.1, -0.05) is 12.2 Å². The van der Waals surface area contributed by atoms with Crippen LogP contribution in [0.5, 0.6) is 0 Å². The van der Waals surface area contributed by atoms with E-state index in [1.54, 1.807) is 0 Å². The highest BCUT2D eigenvalue weighted by molar-refractivity contribution is 6.25. The molecule has 0 unspecified atom stereocenters. The monoisotopic (exact) mass is 807 g/mol. The predicted octanol–water partition coefficient (Wildman–Crippen LogP) is 8.49. The fourth-order valence-electron chi connectivity index (χ4n) is 7.26. The van der Waals surface area contributed by atoms with Gasteiger partial charge in [-0.25, -0.2) is 88.7 Å². The zero-order valence-corrected chi connectivity index (χ0v) is 30.8. The van der Waals surface area contributed by atoms with Crippen molar-refractivity contribution in [2.24, 2.45) is 30.0 Å². The number of allylic oxidation sites excluding steroid dienone is 2. The molecule has 294 valence electrons. The van der Waals surface area contributed by atoms with Crippen molar-refractivity contribution in [3.63, 3.8) is 0 Å². The highest BCUT2D eigenvalue weighted by atomic mass is 19.2. The molecule has 58 heavy (non-hydrogen) atoms. The molecular formula is C39H23F10N9. The van der Waals surface area contributed by atoms with Gasteiger partial charge in [0.15, 0.2) is 69.2 Å². The van der Waals surface area contributed by atoms with Crippen LogP contribution in [-0.4, -0.2) is 32.7 Å². The van der Waals surface area contributed by atoms with Crippen molar-refractivity contribution in [1.29, 1.82) is 0 Å². The molecule has 0 spiro atoms. The van der Waals surface area contributed by atoms with E-state index >= 15 is 43.9 Å². The SMILES string of the molecule is C=C(C)/C(C)=C(/F)c1c(CF)/c2n3/c1=N\C1=NC(=N\c4c5c(F)c(C)c(F)c(F)c5c(n4N3)/N=C3N=C(/N=2)c2c(F)c(C)c(C)c(F)c2\3)/c2c(F)c(C)c(F)c(F)c21. The van der Waals surface area contributed by atoms with Gasteiger partial charge in [-0.05, 0) is 58.2 Å². The number of nitrogens with zero attached hydrogens (tertiary/aromatic N) is 8. The van der Waals surface area contributed by atoms with Crippen LogP contribution in [0, 0.1) is 74.2 Å². The molecule has 2 aromatic heterocycles. The van der Waals surface area contributed by atoms with Gasteiger partial charge in [-0.15, -0.1) is 0 Å². The summed E-state index contributed by atoms with van der Waals surface area (Å²) in [6.45, 7) is 9.17. The summed E-state index contributed by atoms with van der Waals surface area (Å²) in [6.07, 6.45) is 0. The summed E-state index contributed by atoms with van der Waals surface area (Å²) in [6, 6.07) is 0. The molecule has 0 fully saturated rings. The quantitative estimate of drug-likeness (QED) is 0.111. The molecule has 9 nitrogen and oxygen atoms in total. The fourth-order valence-corrected chi connectivity index (χ4v) is 7.26. The summed E-state index contributed by atoms with van der Waals surface area (Å²) < 4.78 is 162. The summed E-state index contributed by atoms with van der Waals surface area (Å²) in [5.41, 5.74) is -5.20. The normalized spacial score (nSPS) is 18.1. The largest absolute Gasteiger partial charge is 0.246 e. The van der Waals surface area contributed by atoms with Gasteiger partial charge in [0.2, 0.25) is 0 Å². The maximum absolute atomic E-state index is 16.9. The second-order valence-electron chi connectivity index (χ2n) is 14.0. The number of alkyl halides is 1. The molecule has 0 atom stereocenters. The van der Waals surface area contributed by atoms with Gasteiger partial charge in [0.25, 0.3) is 0 Å². The van der Waals surface area contributed by atoms with E-state index in [1.807, 2.05) is 0 Å². The van der Waals surface area contributed by atoms with Crippen LogP contribution < -0.4 is 16.5 Å². The van der Waals surface area contributed by atoms with Crippen molar-refractivity contribution in [3.8, 4) is 0 Å². The summed E-state index contributed by atoms with van der Waals surface area (Å²) in [7, 11) is 0. The topological polar surface area (TPSA) is 96.0 Å². The van der Waals surface area contributed by atoms with Gasteiger partial charge in [0.05, 0.1) is 38.6 Å². The number of halogens is 10. The molecule has 0 radical (unpaired) electrons. The zero-order chi connectivity index (χ0) is 41.7. The minimum absolute atomic E-state index is 0.134. The first kappa shape index (κ1) is 36.9. The van der Waals surface area contributed by atoms with Crippen LogP contribution in [0.1, 0.15) is 69.5 Å². The number of fused-ring (bicyclic) bond motifs is 11. The Bertz CT molecular complexity index is 3150. The first-order valence-electron chi connectivity index (χ1n) is 17.2. The van der Waals surface area contributed by atoms with Crippen molar-refractivity contribution in [2.45, 2.75) is 48.2 Å². The van der Waals surface area contributed by atoms with Gasteiger partial charge in [-0.3, -0.25) is 0 Å². The third-order valence-corrected chi connectivity index (χ3v) is 10.8. The lowest BCUT2D eigenvalue weighted by molar-refractivity contribution is 0.480. The lowest BCUT2D eigenvalue weighted by Gasteiger charge is -2.15. The molecule has 6 heterocycles. The third kappa shape index (κ3) is 4.54. The maximum Gasteiger partial charge on any atom is 0.171 e. The van der Waals surface area contributed by atoms with Crippen molar-refractivity contribution in [3.05, 3.63) is 131 Å². The van der Waals surface area contributed by atoms with Crippen molar-refractivity contribution < 1.29 is 43.9 Å². The number of benzene rings is 3. The Morgan fingerprint density at radius 3 is 1.48 bits per heavy atom. The number of aliphatic imine (C=N–C) groups is 4. The highest BCUT2D eigenvalue weighted by Gasteiger charge is 2.39. The molecule has 5 aromatic rings. The molecule has 0 amide bonds. The molecule has 19 heteroatoms. The summed E-state index contributed by atoms with van der Waals surface area (Å²) >= 11 is 0. The Balaban J connectivity index is 1.62. The molecule has 3 aromatic carbocycles. The van der Waals surface area contributed by atoms with E-state index in [0.717, 1.165) is 13.8 Å². The lowest BCUT2D eigenvalue weighted by Crippen LogP contribution is -2.40. The van der Waals surface area contributed by atoms with Gasteiger partial charge >= 0.3 is 0 Å². The minimum atomic E-state index is -1.72. The first-order chi connectivity index (χ1) is 27.4. The van der Waals surface area contributed by atoms with E-state index in [1.165, 1.54) is 27.7 Å². The fraction of sp³-hybridized carbons (Fsp3) is 0.179. The highest BCUT2D eigenvalue weighted by Crippen LogP contribution is 2.45. The molecule has 1 N–H and O–H groups in total. The van der Waals surface area contributed by atoms with Gasteiger partial charge in [-0.2, -0.15) is 0 Å². The van der Waals surface area contributed by atoms with E-state index in [9.17, 15) is 0 Å². The number of rotatable bonds is 3. The van der Waals surface area contributed by atoms with Crippen molar-refractivity contribution in [1.82, 2.24) is 9.35 Å². The summed E-state index contributed by atoms with van der Waals surface area (Å²) in [5.74, 6) is -17.5. The molecular weight excluding hydrogens is 784 g/mol. The van der Waals surface area contributed by atoms with E-state index in [4.69, 9.17) is 0 Å². The van der Waals surface area contributed by atoms with E-state index in [2.05, 4.69) is 42.1 Å². The van der Waals surface area contributed by atoms with Crippen LogP contribution in [0.3, 0.4) is 0 Å². The molecule has 0 saturated heterocycles. The second-order valence-corrected chi connectivity index (χ2v) is 14.0. The van der Waals surface area contributed by atoms with Crippen molar-refractivity contribution >= 4 is 51.6 Å². The van der Waals surface area contributed by atoms with Crippen LogP contribution >= 0.6 is 0 Å². The molecule has 9 rings (SSSR count). The smallest absolute Gasteiger partial charge is 0.171 e. The number of nitrogens with one attached hydrogen (secondary N) is 1. The predicted molar refractivity (Wildman–Crippen MR) is 194 cm³/mol. The number of aromatic nitrogens is 2. The molecule has 0 saturated carbocycles. The van der Waals surface area contributed by atoms with E-state index < -0.39 is 160 Å². The van der Waals surface area contributed by atoms with E-state index in [-0.39, 0.29) is 22.3 Å². The van der Waals surface area contributed by atoms with Crippen LogP contribution in [0.25, 0.3) is 16.6 Å². The van der Waals surface area contributed by atoms with Gasteiger partial charge in [0, 0.05) is 16.7 Å². The van der Waals surface area contributed by atoms with Gasteiger partial charge in [0.1, 0.15) is 35.8 Å². The average Bonchev–Trinajstić information content (AvgIpc) is 3.91. The van der Waals surface area contributed by atoms with E-state index in [0.29, 0.717) is 9.35 Å². The first-order valence-corrected chi connectivity index (χ1v) is 17.2. The van der Waals surface area contributed by atoms with Crippen molar-refractivity contribution in [2.75, 3.05) is 5.53 Å². The standard InChI is InChI=1S/C39H23F10N9/c1-9(2)10(3)23(41)16-15(8-40)36-52-32-17-18(25(43)12(5)11(4)24(17)42)33(50-32)55-39-22-21(27(45)14(7)29(47)31(22)49)38-54-34-19-20(30(48)28(46)13(6)26(19)44)35(51-34)53-37(16)57(36)56-58(38)39/h56H,1,8H2,2-7H3/b23-10+,52-32?,52-36+,53-35?,53-37-,54-34-,54-38?,55-33-,55-39?. The molecule has 4 aliphatic rings. The Kier molecular flexibility index (Phi) is 7.75. The Morgan fingerprint density at radius 2 is 0.966 bits per heavy atom. The summed E-state index contributed by atoms with van der Waals surface area (Å²) in [5, 5.41) is -1.83.